The van der Waals surface area contributed by atoms with Crippen molar-refractivity contribution in [2.45, 2.75) is 25.9 Å². The number of thiophene rings is 1. The zero-order valence-electron chi connectivity index (χ0n) is 12.6. The minimum Gasteiger partial charge on any atom is -0.394 e. The number of fused-ring (bicyclic) bond motifs is 1. The smallest absolute Gasteiger partial charge is 0.318 e. The van der Waals surface area contributed by atoms with Gasteiger partial charge in [-0.3, -0.25) is 0 Å². The summed E-state index contributed by atoms with van der Waals surface area (Å²) in [4.78, 5) is 16.6. The molecule has 1 aromatic carbocycles. The summed E-state index contributed by atoms with van der Waals surface area (Å²) in [5.41, 5.74) is 2.28. The van der Waals surface area contributed by atoms with Crippen LogP contribution in [-0.2, 0) is 13.0 Å². The quantitative estimate of drug-likeness (QED) is 0.915. The molecule has 0 saturated heterocycles. The summed E-state index contributed by atoms with van der Waals surface area (Å²) in [5, 5.41) is 12.7. The van der Waals surface area contributed by atoms with Crippen molar-refractivity contribution in [3.05, 3.63) is 57.3 Å². The van der Waals surface area contributed by atoms with E-state index >= 15 is 0 Å². The number of rotatable bonds is 3. The van der Waals surface area contributed by atoms with Crippen LogP contribution in [0.4, 0.5) is 4.79 Å². The van der Waals surface area contributed by atoms with E-state index in [2.05, 4.69) is 24.4 Å². The number of hydrogen-bond donors (Lipinski definition) is 2. The van der Waals surface area contributed by atoms with Gasteiger partial charge in [0, 0.05) is 16.3 Å². The molecule has 1 atom stereocenters. The van der Waals surface area contributed by atoms with Gasteiger partial charge >= 0.3 is 6.03 Å². The van der Waals surface area contributed by atoms with Crippen LogP contribution in [0.2, 0.25) is 0 Å². The van der Waals surface area contributed by atoms with Crippen LogP contribution in [0.25, 0.3) is 0 Å². The number of nitrogens with zero attached hydrogens (tertiary/aromatic N) is 1. The largest absolute Gasteiger partial charge is 0.394 e. The van der Waals surface area contributed by atoms with Gasteiger partial charge in [-0.05, 0) is 36.6 Å². The second-order valence-electron chi connectivity index (χ2n) is 5.51. The van der Waals surface area contributed by atoms with E-state index in [9.17, 15) is 9.90 Å². The van der Waals surface area contributed by atoms with E-state index in [1.165, 1.54) is 10.4 Å². The van der Waals surface area contributed by atoms with E-state index in [4.69, 9.17) is 0 Å². The van der Waals surface area contributed by atoms with Gasteiger partial charge in [-0.1, -0.05) is 24.3 Å². The number of urea groups is 1. The Kier molecular flexibility index (Phi) is 4.45. The molecule has 0 aliphatic carbocycles. The lowest BCUT2D eigenvalue weighted by atomic mass is 9.93. The first-order valence-corrected chi connectivity index (χ1v) is 8.29. The lowest BCUT2D eigenvalue weighted by molar-refractivity contribution is 0.127. The summed E-state index contributed by atoms with van der Waals surface area (Å²) >= 11 is 1.69. The molecule has 116 valence electrons. The van der Waals surface area contributed by atoms with Crippen LogP contribution in [-0.4, -0.2) is 29.2 Å². The Balaban J connectivity index is 1.70. The van der Waals surface area contributed by atoms with Crippen molar-refractivity contribution in [2.24, 2.45) is 0 Å². The zero-order chi connectivity index (χ0) is 15.5. The van der Waals surface area contributed by atoms with Crippen LogP contribution in [0.1, 0.15) is 26.9 Å². The summed E-state index contributed by atoms with van der Waals surface area (Å²) in [6.07, 6.45) is 0.832. The Morgan fingerprint density at radius 2 is 2.18 bits per heavy atom. The molecule has 2 aromatic rings. The van der Waals surface area contributed by atoms with E-state index in [0.717, 1.165) is 16.9 Å². The van der Waals surface area contributed by atoms with Gasteiger partial charge in [0.25, 0.3) is 0 Å². The normalized spacial score (nSPS) is 17.2. The van der Waals surface area contributed by atoms with Gasteiger partial charge in [-0.15, -0.1) is 11.3 Å². The van der Waals surface area contributed by atoms with Crippen molar-refractivity contribution in [1.29, 1.82) is 0 Å². The number of benzene rings is 1. The third-order valence-electron chi connectivity index (χ3n) is 4.06. The SMILES string of the molecule is Cc1ccc(CNC(=O)N2CCc3ccccc3[C@H]2CO)s1. The van der Waals surface area contributed by atoms with E-state index in [1.807, 2.05) is 24.3 Å². The Morgan fingerprint density at radius 1 is 1.36 bits per heavy atom. The van der Waals surface area contributed by atoms with Gasteiger partial charge in [0.15, 0.2) is 0 Å². The Labute approximate surface area is 134 Å². The predicted molar refractivity (Wildman–Crippen MR) is 88.0 cm³/mol. The molecule has 0 bridgehead atoms. The molecule has 0 spiro atoms. The number of hydrogen-bond acceptors (Lipinski definition) is 3. The molecule has 2 amide bonds. The number of carbonyl (C=O) groups is 1. The van der Waals surface area contributed by atoms with Crippen molar-refractivity contribution in [3.8, 4) is 0 Å². The summed E-state index contributed by atoms with van der Waals surface area (Å²) in [7, 11) is 0. The molecule has 5 heteroatoms. The van der Waals surface area contributed by atoms with E-state index in [1.54, 1.807) is 16.2 Å². The molecular formula is C17H20N2O2S. The Hall–Kier alpha value is -1.85. The molecule has 2 N–H and O–H groups in total. The monoisotopic (exact) mass is 316 g/mol. The van der Waals surface area contributed by atoms with Crippen molar-refractivity contribution in [3.63, 3.8) is 0 Å². The highest BCUT2D eigenvalue weighted by molar-refractivity contribution is 7.11. The first-order chi connectivity index (χ1) is 10.7. The highest BCUT2D eigenvalue weighted by Crippen LogP contribution is 2.29. The topological polar surface area (TPSA) is 52.6 Å². The molecule has 0 unspecified atom stereocenters. The molecule has 4 nitrogen and oxygen atoms in total. The highest BCUT2D eigenvalue weighted by Gasteiger charge is 2.29. The molecule has 1 aliphatic heterocycles. The van der Waals surface area contributed by atoms with Gasteiger partial charge in [0.2, 0.25) is 0 Å². The van der Waals surface area contributed by atoms with Gasteiger partial charge in [-0.25, -0.2) is 4.79 Å². The highest BCUT2D eigenvalue weighted by atomic mass is 32.1. The fraction of sp³-hybridized carbons (Fsp3) is 0.353. The Morgan fingerprint density at radius 3 is 2.91 bits per heavy atom. The van der Waals surface area contributed by atoms with Crippen LogP contribution in [0.15, 0.2) is 36.4 Å². The zero-order valence-corrected chi connectivity index (χ0v) is 13.4. The van der Waals surface area contributed by atoms with Gasteiger partial charge in [0.1, 0.15) is 0 Å². The van der Waals surface area contributed by atoms with Crippen LogP contribution in [0.3, 0.4) is 0 Å². The lowest BCUT2D eigenvalue weighted by Crippen LogP contribution is -2.46. The van der Waals surface area contributed by atoms with Crippen LogP contribution < -0.4 is 5.32 Å². The molecule has 0 saturated carbocycles. The average Bonchev–Trinajstić information content (AvgIpc) is 2.97. The molecule has 0 fully saturated rings. The minimum atomic E-state index is -0.255. The number of aliphatic hydroxyl groups is 1. The molecule has 1 aromatic heterocycles. The molecule has 22 heavy (non-hydrogen) atoms. The van der Waals surface area contributed by atoms with Crippen molar-refractivity contribution in [2.75, 3.05) is 13.2 Å². The summed E-state index contributed by atoms with van der Waals surface area (Å²) in [6.45, 7) is 3.17. The van der Waals surface area contributed by atoms with Crippen molar-refractivity contribution in [1.82, 2.24) is 10.2 Å². The Bertz CT molecular complexity index is 668. The number of carbonyl (C=O) groups excluding carboxylic acids is 1. The molecule has 2 heterocycles. The van der Waals surface area contributed by atoms with Crippen LogP contribution in [0.5, 0.6) is 0 Å². The third kappa shape index (κ3) is 3.00. The second-order valence-corrected chi connectivity index (χ2v) is 6.88. The number of aliphatic hydroxyl groups excluding tert-OH is 1. The van der Waals surface area contributed by atoms with Crippen molar-refractivity contribution >= 4 is 17.4 Å². The third-order valence-corrected chi connectivity index (χ3v) is 5.06. The van der Waals surface area contributed by atoms with E-state index in [-0.39, 0.29) is 18.7 Å². The number of amides is 2. The van der Waals surface area contributed by atoms with Gasteiger partial charge < -0.3 is 15.3 Å². The molecule has 3 rings (SSSR count). The maximum absolute atomic E-state index is 12.5. The average molecular weight is 316 g/mol. The van der Waals surface area contributed by atoms with Crippen LogP contribution in [0, 0.1) is 6.92 Å². The summed E-state index contributed by atoms with van der Waals surface area (Å²) in [6, 6.07) is 11.8. The van der Waals surface area contributed by atoms with Crippen LogP contribution >= 0.6 is 11.3 Å². The fourth-order valence-electron chi connectivity index (χ4n) is 2.94. The maximum Gasteiger partial charge on any atom is 0.318 e. The van der Waals surface area contributed by atoms with E-state index in [0.29, 0.717) is 13.1 Å². The second kappa shape index (κ2) is 6.50. The summed E-state index contributed by atoms with van der Waals surface area (Å²) < 4.78 is 0. The van der Waals surface area contributed by atoms with E-state index < -0.39 is 0 Å². The number of aryl methyl sites for hydroxylation is 1. The predicted octanol–water partition coefficient (Wildman–Crippen LogP) is 2.86. The standard InChI is InChI=1S/C17H20N2O2S/c1-12-6-7-14(22-12)10-18-17(21)19-9-8-13-4-2-3-5-15(13)16(19)11-20/h2-7,16,20H,8-11H2,1H3,(H,18,21)/t16-/m1/s1. The maximum atomic E-state index is 12.5. The first kappa shape index (κ1) is 15.1. The van der Waals surface area contributed by atoms with Gasteiger partial charge in [-0.2, -0.15) is 0 Å². The minimum absolute atomic E-state index is 0.0530. The van der Waals surface area contributed by atoms with Crippen molar-refractivity contribution < 1.29 is 9.90 Å². The molecule has 1 aliphatic rings. The lowest BCUT2D eigenvalue weighted by Gasteiger charge is -2.36. The molecular weight excluding hydrogens is 296 g/mol. The first-order valence-electron chi connectivity index (χ1n) is 7.47. The summed E-state index contributed by atoms with van der Waals surface area (Å²) in [5.74, 6) is 0. The van der Waals surface area contributed by atoms with Gasteiger partial charge in [0.05, 0.1) is 19.2 Å². The number of nitrogens with one attached hydrogen (secondary N) is 1. The molecule has 0 radical (unpaired) electrons. The fourth-order valence-corrected chi connectivity index (χ4v) is 3.77.